The number of hydrogen-bond donors (Lipinski definition) is 0. The highest BCUT2D eigenvalue weighted by Gasteiger charge is 2.36. The SMILES string of the molecule is CN1CCN(C(=O)CSc2nc(-c3ccc(F)cc3)cc(C(F)(F)F)c2C#N)CC1. The number of nitrogens with zero attached hydrogens (tertiary/aromatic N) is 4. The molecule has 30 heavy (non-hydrogen) atoms. The van der Waals surface area contributed by atoms with Gasteiger partial charge < -0.3 is 9.80 Å². The van der Waals surface area contributed by atoms with E-state index >= 15 is 0 Å². The zero-order chi connectivity index (χ0) is 21.9. The third-order valence-electron chi connectivity index (χ3n) is 4.73. The first-order chi connectivity index (χ1) is 14.2. The number of likely N-dealkylation sites (N-methyl/N-ethyl adjacent to an activating group) is 1. The molecule has 2 heterocycles. The van der Waals surface area contributed by atoms with Crippen molar-refractivity contribution in [3.63, 3.8) is 0 Å². The molecule has 0 unspecified atom stereocenters. The van der Waals surface area contributed by atoms with E-state index in [0.29, 0.717) is 13.1 Å². The summed E-state index contributed by atoms with van der Waals surface area (Å²) in [6, 6.07) is 7.21. The highest BCUT2D eigenvalue weighted by Crippen LogP contribution is 2.38. The van der Waals surface area contributed by atoms with Crippen LogP contribution in [-0.4, -0.2) is 59.7 Å². The fourth-order valence-electron chi connectivity index (χ4n) is 3.00. The smallest absolute Gasteiger partial charge is 0.339 e. The number of pyridine rings is 1. The Labute approximate surface area is 175 Å². The molecule has 3 rings (SSSR count). The maximum Gasteiger partial charge on any atom is 0.417 e. The van der Waals surface area contributed by atoms with E-state index in [2.05, 4.69) is 9.88 Å². The van der Waals surface area contributed by atoms with Crippen molar-refractivity contribution in [2.45, 2.75) is 11.2 Å². The zero-order valence-corrected chi connectivity index (χ0v) is 16.9. The number of nitriles is 1. The topological polar surface area (TPSA) is 60.2 Å². The van der Waals surface area contributed by atoms with Gasteiger partial charge >= 0.3 is 6.18 Å². The summed E-state index contributed by atoms with van der Waals surface area (Å²) in [5.74, 6) is -0.884. The van der Waals surface area contributed by atoms with Crippen LogP contribution in [0.1, 0.15) is 11.1 Å². The Morgan fingerprint density at radius 1 is 1.20 bits per heavy atom. The number of thioether (sulfide) groups is 1. The van der Waals surface area contributed by atoms with Gasteiger partial charge in [0.15, 0.2) is 0 Å². The molecule has 1 aromatic heterocycles. The minimum Gasteiger partial charge on any atom is -0.339 e. The van der Waals surface area contributed by atoms with Crippen molar-refractivity contribution < 1.29 is 22.4 Å². The molecule has 2 aromatic rings. The lowest BCUT2D eigenvalue weighted by Gasteiger charge is -2.32. The van der Waals surface area contributed by atoms with Crippen molar-refractivity contribution in [3.8, 4) is 17.3 Å². The molecule has 0 aliphatic carbocycles. The fraction of sp³-hybridized carbons (Fsp3) is 0.350. The van der Waals surface area contributed by atoms with E-state index in [1.54, 1.807) is 11.0 Å². The van der Waals surface area contributed by atoms with Gasteiger partial charge in [0.1, 0.15) is 16.9 Å². The van der Waals surface area contributed by atoms with E-state index < -0.39 is 23.1 Å². The van der Waals surface area contributed by atoms with E-state index in [0.717, 1.165) is 43.1 Å². The molecule has 158 valence electrons. The van der Waals surface area contributed by atoms with Crippen molar-refractivity contribution in [2.75, 3.05) is 39.0 Å². The number of alkyl halides is 3. The molecule has 0 spiro atoms. The lowest BCUT2D eigenvalue weighted by atomic mass is 10.1. The summed E-state index contributed by atoms with van der Waals surface area (Å²) in [6.07, 6.45) is -4.78. The van der Waals surface area contributed by atoms with E-state index in [1.165, 1.54) is 12.1 Å². The molecule has 0 saturated carbocycles. The number of carbonyl (C=O) groups excluding carboxylic acids is 1. The number of amides is 1. The van der Waals surface area contributed by atoms with Crippen molar-refractivity contribution >= 4 is 17.7 Å². The second kappa shape index (κ2) is 9.02. The average molecular weight is 438 g/mol. The lowest BCUT2D eigenvalue weighted by Crippen LogP contribution is -2.47. The Morgan fingerprint density at radius 3 is 2.40 bits per heavy atom. The zero-order valence-electron chi connectivity index (χ0n) is 16.0. The van der Waals surface area contributed by atoms with Crippen LogP contribution in [0.15, 0.2) is 35.4 Å². The van der Waals surface area contributed by atoms with Gasteiger partial charge in [-0.15, -0.1) is 0 Å². The van der Waals surface area contributed by atoms with Gasteiger partial charge in [0, 0.05) is 31.7 Å². The number of rotatable bonds is 4. The molecule has 1 aromatic carbocycles. The summed E-state index contributed by atoms with van der Waals surface area (Å²) < 4.78 is 53.9. The molecule has 0 N–H and O–H groups in total. The predicted molar refractivity (Wildman–Crippen MR) is 104 cm³/mol. The van der Waals surface area contributed by atoms with E-state index in [-0.39, 0.29) is 27.9 Å². The normalized spacial score (nSPS) is 15.1. The maximum atomic E-state index is 13.6. The Morgan fingerprint density at radius 2 is 1.83 bits per heavy atom. The molecule has 1 aliphatic heterocycles. The van der Waals surface area contributed by atoms with Gasteiger partial charge in [0.05, 0.1) is 22.6 Å². The van der Waals surface area contributed by atoms with Gasteiger partial charge in [-0.05, 0) is 37.4 Å². The van der Waals surface area contributed by atoms with Crippen LogP contribution in [0, 0.1) is 17.1 Å². The van der Waals surface area contributed by atoms with Gasteiger partial charge in [-0.25, -0.2) is 9.37 Å². The maximum absolute atomic E-state index is 13.6. The van der Waals surface area contributed by atoms with Crippen molar-refractivity contribution in [3.05, 3.63) is 47.3 Å². The van der Waals surface area contributed by atoms with Gasteiger partial charge in [0.2, 0.25) is 5.91 Å². The molecule has 0 radical (unpaired) electrons. The van der Waals surface area contributed by atoms with Crippen LogP contribution >= 0.6 is 11.8 Å². The van der Waals surface area contributed by atoms with Crippen LogP contribution in [0.25, 0.3) is 11.3 Å². The molecule has 1 saturated heterocycles. The minimum atomic E-state index is -4.78. The highest BCUT2D eigenvalue weighted by molar-refractivity contribution is 8.00. The van der Waals surface area contributed by atoms with Crippen molar-refractivity contribution in [2.24, 2.45) is 0 Å². The monoisotopic (exact) mass is 438 g/mol. The molecule has 0 bridgehead atoms. The summed E-state index contributed by atoms with van der Waals surface area (Å²) in [7, 11) is 1.94. The number of piperazine rings is 1. The molecular weight excluding hydrogens is 420 g/mol. The molecule has 0 atom stereocenters. The first-order valence-corrected chi connectivity index (χ1v) is 10.0. The summed E-state index contributed by atoms with van der Waals surface area (Å²) in [4.78, 5) is 20.4. The summed E-state index contributed by atoms with van der Waals surface area (Å²) >= 11 is 0.804. The Kier molecular flexibility index (Phi) is 6.63. The fourth-order valence-corrected chi connectivity index (χ4v) is 3.91. The van der Waals surface area contributed by atoms with Gasteiger partial charge in [-0.1, -0.05) is 11.8 Å². The van der Waals surface area contributed by atoms with Crippen LogP contribution in [0.3, 0.4) is 0 Å². The number of hydrogen-bond acceptors (Lipinski definition) is 5. The van der Waals surface area contributed by atoms with E-state index in [4.69, 9.17) is 0 Å². The molecule has 5 nitrogen and oxygen atoms in total. The molecule has 10 heteroatoms. The Balaban J connectivity index is 1.91. The number of benzene rings is 1. The predicted octanol–water partition coefficient (Wildman–Crippen LogP) is 3.64. The average Bonchev–Trinajstić information content (AvgIpc) is 2.71. The minimum absolute atomic E-state index is 0.0455. The van der Waals surface area contributed by atoms with E-state index in [9.17, 15) is 27.6 Å². The third-order valence-corrected chi connectivity index (χ3v) is 5.69. The Bertz CT molecular complexity index is 964. The Hall–Kier alpha value is -2.64. The quantitative estimate of drug-likeness (QED) is 0.539. The van der Waals surface area contributed by atoms with Gasteiger partial charge in [-0.3, -0.25) is 4.79 Å². The standard InChI is InChI=1S/C20H18F4N4OS/c1-27-6-8-28(9-7-27)18(29)12-30-19-15(11-25)16(20(22,23)24)10-17(26-19)13-2-4-14(21)5-3-13/h2-5,10H,6-9,12H2,1H3. The van der Waals surface area contributed by atoms with Crippen LogP contribution in [-0.2, 0) is 11.0 Å². The van der Waals surface area contributed by atoms with Crippen molar-refractivity contribution in [1.29, 1.82) is 5.26 Å². The molecular formula is C20H18F4N4OS. The summed E-state index contributed by atoms with van der Waals surface area (Å²) in [6.45, 7) is 2.52. The van der Waals surface area contributed by atoms with Gasteiger partial charge in [-0.2, -0.15) is 18.4 Å². The summed E-state index contributed by atoms with van der Waals surface area (Å²) in [5.41, 5.74) is -1.52. The summed E-state index contributed by atoms with van der Waals surface area (Å²) in [5, 5.41) is 9.18. The van der Waals surface area contributed by atoms with Gasteiger partial charge in [0.25, 0.3) is 0 Å². The first kappa shape index (κ1) is 22.1. The molecule has 1 fully saturated rings. The molecule has 1 aliphatic rings. The number of aromatic nitrogens is 1. The third kappa shape index (κ3) is 5.09. The number of carbonyl (C=O) groups is 1. The van der Waals surface area contributed by atoms with Crippen LogP contribution in [0.4, 0.5) is 17.6 Å². The highest BCUT2D eigenvalue weighted by atomic mass is 32.2. The number of halogens is 4. The molecule has 1 amide bonds. The van der Waals surface area contributed by atoms with Crippen LogP contribution in [0.5, 0.6) is 0 Å². The van der Waals surface area contributed by atoms with Crippen LogP contribution in [0.2, 0.25) is 0 Å². The van der Waals surface area contributed by atoms with E-state index in [1.807, 2.05) is 7.05 Å². The largest absolute Gasteiger partial charge is 0.417 e. The second-order valence-corrected chi connectivity index (χ2v) is 7.79. The first-order valence-electron chi connectivity index (χ1n) is 9.06. The second-order valence-electron chi connectivity index (χ2n) is 6.82. The van der Waals surface area contributed by atoms with Crippen molar-refractivity contribution in [1.82, 2.24) is 14.8 Å². The van der Waals surface area contributed by atoms with Crippen LogP contribution < -0.4 is 0 Å². The lowest BCUT2D eigenvalue weighted by molar-refractivity contribution is -0.138.